The van der Waals surface area contributed by atoms with Crippen LogP contribution in [-0.4, -0.2) is 34.1 Å². The molecule has 3 amide bonds. The first-order chi connectivity index (χ1) is 14.1. The third kappa shape index (κ3) is 3.22. The van der Waals surface area contributed by atoms with E-state index in [0.717, 1.165) is 16.0 Å². The highest BCUT2D eigenvalue weighted by Gasteiger charge is 2.51. The normalized spacial score (nSPS) is 18.8. The molecule has 148 valence electrons. The zero-order chi connectivity index (χ0) is 20.4. The highest BCUT2D eigenvalue weighted by molar-refractivity contribution is 6.07. The van der Waals surface area contributed by atoms with Crippen molar-refractivity contribution in [2.75, 3.05) is 7.11 Å². The fourth-order valence-electron chi connectivity index (χ4n) is 3.44. The van der Waals surface area contributed by atoms with Crippen LogP contribution in [0, 0.1) is 0 Å². The summed E-state index contributed by atoms with van der Waals surface area (Å²) < 4.78 is 10.4. The molecule has 29 heavy (non-hydrogen) atoms. The third-order valence-corrected chi connectivity index (χ3v) is 5.08. The predicted octanol–water partition coefficient (Wildman–Crippen LogP) is 3.10. The Hall–Kier alpha value is -3.68. The molecule has 1 aromatic heterocycles. The highest BCUT2D eigenvalue weighted by atomic mass is 16.5. The van der Waals surface area contributed by atoms with E-state index in [2.05, 4.69) is 15.5 Å². The van der Waals surface area contributed by atoms with E-state index in [4.69, 9.17) is 9.26 Å². The van der Waals surface area contributed by atoms with Crippen LogP contribution in [0.3, 0.4) is 0 Å². The SMILES string of the molecule is CCC1(c2ccccc2)NC(=O)N(Cc2nc(-c3ccc(OC)cc3)no2)C1=O. The van der Waals surface area contributed by atoms with Crippen LogP contribution in [-0.2, 0) is 16.9 Å². The van der Waals surface area contributed by atoms with E-state index in [9.17, 15) is 9.59 Å². The average Bonchev–Trinajstić information content (AvgIpc) is 3.33. The van der Waals surface area contributed by atoms with Gasteiger partial charge in [0.05, 0.1) is 7.11 Å². The van der Waals surface area contributed by atoms with Crippen molar-refractivity contribution in [1.82, 2.24) is 20.4 Å². The van der Waals surface area contributed by atoms with Crippen LogP contribution in [0.15, 0.2) is 59.1 Å². The molecule has 1 atom stereocenters. The second-order valence-electron chi connectivity index (χ2n) is 6.69. The van der Waals surface area contributed by atoms with E-state index in [-0.39, 0.29) is 18.3 Å². The zero-order valence-corrected chi connectivity index (χ0v) is 16.1. The maximum atomic E-state index is 13.2. The minimum absolute atomic E-state index is 0.0948. The quantitative estimate of drug-likeness (QED) is 0.648. The molecule has 1 aliphatic rings. The maximum absolute atomic E-state index is 13.2. The number of carbonyl (C=O) groups is 2. The van der Waals surface area contributed by atoms with Crippen molar-refractivity contribution < 1.29 is 18.8 Å². The van der Waals surface area contributed by atoms with Crippen LogP contribution in [0.1, 0.15) is 24.8 Å². The maximum Gasteiger partial charge on any atom is 0.325 e. The Morgan fingerprint density at radius 1 is 1.10 bits per heavy atom. The number of amides is 3. The average molecular weight is 392 g/mol. The third-order valence-electron chi connectivity index (χ3n) is 5.08. The first-order valence-electron chi connectivity index (χ1n) is 9.24. The molecule has 1 fully saturated rings. The van der Waals surface area contributed by atoms with Gasteiger partial charge in [0.25, 0.3) is 5.91 Å². The van der Waals surface area contributed by atoms with Gasteiger partial charge in [-0.2, -0.15) is 4.98 Å². The Bertz CT molecular complexity index is 1030. The van der Waals surface area contributed by atoms with E-state index in [1.807, 2.05) is 37.3 Å². The molecule has 1 saturated heterocycles. The lowest BCUT2D eigenvalue weighted by atomic mass is 9.87. The summed E-state index contributed by atoms with van der Waals surface area (Å²) in [4.78, 5) is 31.2. The minimum Gasteiger partial charge on any atom is -0.497 e. The van der Waals surface area contributed by atoms with Crippen molar-refractivity contribution in [3.63, 3.8) is 0 Å². The molecule has 1 N–H and O–H groups in total. The molecule has 8 nitrogen and oxygen atoms in total. The summed E-state index contributed by atoms with van der Waals surface area (Å²) in [5.74, 6) is 0.938. The fourth-order valence-corrected chi connectivity index (χ4v) is 3.44. The number of nitrogens with zero attached hydrogens (tertiary/aromatic N) is 3. The largest absolute Gasteiger partial charge is 0.497 e. The number of imide groups is 1. The zero-order valence-electron chi connectivity index (χ0n) is 16.1. The lowest BCUT2D eigenvalue weighted by molar-refractivity contribution is -0.132. The number of benzene rings is 2. The minimum atomic E-state index is -1.09. The number of nitrogens with one attached hydrogen (secondary N) is 1. The molecule has 1 aliphatic heterocycles. The van der Waals surface area contributed by atoms with Gasteiger partial charge < -0.3 is 14.6 Å². The summed E-state index contributed by atoms with van der Waals surface area (Å²) >= 11 is 0. The Balaban J connectivity index is 1.56. The van der Waals surface area contributed by atoms with Crippen molar-refractivity contribution in [1.29, 1.82) is 0 Å². The number of hydrogen-bond acceptors (Lipinski definition) is 6. The lowest BCUT2D eigenvalue weighted by Crippen LogP contribution is -2.43. The van der Waals surface area contributed by atoms with Gasteiger partial charge in [0.1, 0.15) is 17.8 Å². The summed E-state index contributed by atoms with van der Waals surface area (Å²) in [6.45, 7) is 1.77. The van der Waals surface area contributed by atoms with Gasteiger partial charge in [0.2, 0.25) is 11.7 Å². The highest BCUT2D eigenvalue weighted by Crippen LogP contribution is 2.33. The number of aromatic nitrogens is 2. The molecule has 0 radical (unpaired) electrons. The Morgan fingerprint density at radius 3 is 2.48 bits per heavy atom. The number of urea groups is 1. The summed E-state index contributed by atoms with van der Waals surface area (Å²) in [6.07, 6.45) is 0.430. The number of methoxy groups -OCH3 is 1. The first-order valence-corrected chi connectivity index (χ1v) is 9.24. The molecule has 3 aromatic rings. The predicted molar refractivity (Wildman–Crippen MR) is 104 cm³/mol. The second kappa shape index (κ2) is 7.38. The van der Waals surface area contributed by atoms with Gasteiger partial charge in [-0.15, -0.1) is 0 Å². The second-order valence-corrected chi connectivity index (χ2v) is 6.69. The molecule has 0 saturated carbocycles. The van der Waals surface area contributed by atoms with Crippen molar-refractivity contribution in [3.05, 3.63) is 66.1 Å². The van der Waals surface area contributed by atoms with Gasteiger partial charge in [-0.25, -0.2) is 4.79 Å². The van der Waals surface area contributed by atoms with Gasteiger partial charge >= 0.3 is 6.03 Å². The van der Waals surface area contributed by atoms with Crippen LogP contribution >= 0.6 is 0 Å². The van der Waals surface area contributed by atoms with Gasteiger partial charge in [0, 0.05) is 5.56 Å². The molecule has 0 aliphatic carbocycles. The summed E-state index contributed by atoms with van der Waals surface area (Å²) in [7, 11) is 1.59. The summed E-state index contributed by atoms with van der Waals surface area (Å²) in [5, 5.41) is 6.79. The molecule has 4 rings (SSSR count). The number of carbonyl (C=O) groups excluding carboxylic acids is 2. The fraction of sp³-hybridized carbons (Fsp3) is 0.238. The Morgan fingerprint density at radius 2 is 1.83 bits per heavy atom. The standard InChI is InChI=1S/C21H20N4O4/c1-3-21(15-7-5-4-6-8-15)19(26)25(20(27)23-21)13-17-22-18(24-29-17)14-9-11-16(28-2)12-10-14/h4-12H,3,13H2,1-2H3,(H,23,27). The van der Waals surface area contributed by atoms with Gasteiger partial charge in [-0.1, -0.05) is 42.4 Å². The van der Waals surface area contributed by atoms with E-state index >= 15 is 0 Å². The molecule has 1 unspecified atom stereocenters. The molecular formula is C21H20N4O4. The summed E-state index contributed by atoms with van der Waals surface area (Å²) in [5.41, 5.74) is 0.398. The van der Waals surface area contributed by atoms with Crippen molar-refractivity contribution in [3.8, 4) is 17.1 Å². The number of hydrogen-bond donors (Lipinski definition) is 1. The van der Waals surface area contributed by atoms with Crippen LogP contribution in [0.5, 0.6) is 5.75 Å². The van der Waals surface area contributed by atoms with Gasteiger partial charge in [-0.05, 0) is 36.2 Å². The molecule has 2 aromatic carbocycles. The number of rotatable bonds is 6. The molecule has 8 heteroatoms. The molecule has 0 spiro atoms. The lowest BCUT2D eigenvalue weighted by Gasteiger charge is -2.25. The molecule has 2 heterocycles. The van der Waals surface area contributed by atoms with Crippen molar-refractivity contribution in [2.45, 2.75) is 25.4 Å². The van der Waals surface area contributed by atoms with E-state index < -0.39 is 11.6 Å². The van der Waals surface area contributed by atoms with E-state index in [0.29, 0.717) is 18.0 Å². The summed E-state index contributed by atoms with van der Waals surface area (Å²) in [6, 6.07) is 15.9. The number of ether oxygens (including phenoxy) is 1. The smallest absolute Gasteiger partial charge is 0.325 e. The monoisotopic (exact) mass is 392 g/mol. The van der Waals surface area contributed by atoms with Crippen LogP contribution in [0.4, 0.5) is 4.79 Å². The Labute approximate surface area is 167 Å². The Kier molecular flexibility index (Phi) is 4.75. The van der Waals surface area contributed by atoms with Crippen LogP contribution < -0.4 is 10.1 Å². The van der Waals surface area contributed by atoms with Crippen LogP contribution in [0.2, 0.25) is 0 Å². The van der Waals surface area contributed by atoms with Gasteiger partial charge in [0.15, 0.2) is 0 Å². The van der Waals surface area contributed by atoms with Gasteiger partial charge in [-0.3, -0.25) is 9.69 Å². The first kappa shape index (κ1) is 18.7. The van der Waals surface area contributed by atoms with E-state index in [1.54, 1.807) is 31.4 Å². The van der Waals surface area contributed by atoms with E-state index in [1.165, 1.54) is 0 Å². The van der Waals surface area contributed by atoms with Crippen molar-refractivity contribution >= 4 is 11.9 Å². The van der Waals surface area contributed by atoms with Crippen molar-refractivity contribution in [2.24, 2.45) is 0 Å². The van der Waals surface area contributed by atoms with Crippen LogP contribution in [0.25, 0.3) is 11.4 Å². The molecular weight excluding hydrogens is 372 g/mol. The molecule has 0 bridgehead atoms. The topological polar surface area (TPSA) is 97.6 Å².